The van der Waals surface area contributed by atoms with Crippen molar-refractivity contribution in [3.05, 3.63) is 65.2 Å². The minimum absolute atomic E-state index is 0.120. The van der Waals surface area contributed by atoms with Gasteiger partial charge in [-0.05, 0) is 62.8 Å². The summed E-state index contributed by atoms with van der Waals surface area (Å²) in [5, 5.41) is 0. The molecule has 24 heavy (non-hydrogen) atoms. The summed E-state index contributed by atoms with van der Waals surface area (Å²) in [7, 11) is 4.05. The van der Waals surface area contributed by atoms with Gasteiger partial charge in [-0.2, -0.15) is 13.2 Å². The molecule has 0 spiro atoms. The smallest absolute Gasteiger partial charge is 0.416 e. The monoisotopic (exact) mass is 337 g/mol. The molecule has 0 aliphatic carbocycles. The van der Waals surface area contributed by atoms with Crippen LogP contribution in [0.3, 0.4) is 0 Å². The third kappa shape index (κ3) is 5.57. The second-order valence-corrected chi connectivity index (χ2v) is 6.00. The van der Waals surface area contributed by atoms with Crippen molar-refractivity contribution in [1.82, 2.24) is 4.90 Å². The zero-order valence-corrected chi connectivity index (χ0v) is 13.9. The Bertz CT molecular complexity index is 653. The summed E-state index contributed by atoms with van der Waals surface area (Å²) in [5.74, 6) is 0.730. The molecule has 130 valence electrons. The quantitative estimate of drug-likeness (QED) is 0.721. The van der Waals surface area contributed by atoms with Crippen LogP contribution in [0.15, 0.2) is 48.5 Å². The van der Waals surface area contributed by atoms with Crippen molar-refractivity contribution < 1.29 is 17.9 Å². The molecule has 2 nitrogen and oxygen atoms in total. The Labute approximate surface area is 140 Å². The van der Waals surface area contributed by atoms with Gasteiger partial charge in [0, 0.05) is 0 Å². The van der Waals surface area contributed by atoms with Gasteiger partial charge in [0.25, 0.3) is 0 Å². The minimum Gasteiger partial charge on any atom is -0.489 e. The van der Waals surface area contributed by atoms with Crippen LogP contribution in [-0.2, 0) is 19.2 Å². The summed E-state index contributed by atoms with van der Waals surface area (Å²) >= 11 is 0. The third-order valence-corrected chi connectivity index (χ3v) is 3.67. The predicted molar refractivity (Wildman–Crippen MR) is 89.1 cm³/mol. The lowest BCUT2D eigenvalue weighted by Gasteiger charge is -2.14. The number of aryl methyl sites for hydroxylation is 1. The van der Waals surface area contributed by atoms with Gasteiger partial charge in [-0.25, -0.2) is 0 Å². The Morgan fingerprint density at radius 1 is 1.00 bits per heavy atom. The van der Waals surface area contributed by atoms with E-state index in [1.165, 1.54) is 6.07 Å². The molecule has 0 N–H and O–H groups in total. The molecular weight excluding hydrogens is 315 g/mol. The molecule has 0 aliphatic rings. The first-order chi connectivity index (χ1) is 11.4. The Balaban J connectivity index is 2.02. The third-order valence-electron chi connectivity index (χ3n) is 3.67. The molecule has 0 saturated carbocycles. The van der Waals surface area contributed by atoms with Crippen LogP contribution in [0.5, 0.6) is 5.75 Å². The molecule has 2 aromatic rings. The van der Waals surface area contributed by atoms with E-state index in [4.69, 9.17) is 4.74 Å². The van der Waals surface area contributed by atoms with Crippen molar-refractivity contribution in [2.75, 3.05) is 20.6 Å². The van der Waals surface area contributed by atoms with Crippen LogP contribution in [-0.4, -0.2) is 25.5 Å². The first-order valence-electron chi connectivity index (χ1n) is 7.88. The van der Waals surface area contributed by atoms with E-state index in [9.17, 15) is 13.2 Å². The first-order valence-corrected chi connectivity index (χ1v) is 7.88. The Hall–Kier alpha value is -2.01. The average Bonchev–Trinajstić information content (AvgIpc) is 2.53. The number of nitrogens with zero attached hydrogens (tertiary/aromatic N) is 1. The fraction of sp³-hybridized carbons (Fsp3) is 0.368. The Morgan fingerprint density at radius 2 is 1.75 bits per heavy atom. The second kappa shape index (κ2) is 8.20. The highest BCUT2D eigenvalue weighted by Gasteiger charge is 2.30. The van der Waals surface area contributed by atoms with E-state index in [-0.39, 0.29) is 6.61 Å². The highest BCUT2D eigenvalue weighted by atomic mass is 19.4. The highest BCUT2D eigenvalue weighted by Crippen LogP contribution is 2.30. The predicted octanol–water partition coefficient (Wildman–Crippen LogP) is 4.78. The maximum absolute atomic E-state index is 12.8. The van der Waals surface area contributed by atoms with Crippen molar-refractivity contribution in [2.45, 2.75) is 25.6 Å². The van der Waals surface area contributed by atoms with Crippen molar-refractivity contribution in [3.63, 3.8) is 0 Å². The van der Waals surface area contributed by atoms with Gasteiger partial charge in [0.2, 0.25) is 0 Å². The average molecular weight is 337 g/mol. The van der Waals surface area contributed by atoms with E-state index in [0.717, 1.165) is 42.8 Å². The maximum atomic E-state index is 12.8. The molecule has 0 aliphatic heterocycles. The molecule has 0 aromatic heterocycles. The molecular formula is C19H22F3NO. The zero-order valence-electron chi connectivity index (χ0n) is 13.9. The molecule has 0 saturated heterocycles. The lowest BCUT2D eigenvalue weighted by Crippen LogP contribution is -2.13. The molecule has 0 fully saturated rings. The van der Waals surface area contributed by atoms with Gasteiger partial charge in [0.05, 0.1) is 5.56 Å². The van der Waals surface area contributed by atoms with E-state index in [0.29, 0.717) is 5.56 Å². The number of rotatable bonds is 7. The van der Waals surface area contributed by atoms with Crippen LogP contribution in [0.1, 0.15) is 23.1 Å². The van der Waals surface area contributed by atoms with Crippen LogP contribution in [0, 0.1) is 0 Å². The van der Waals surface area contributed by atoms with E-state index in [2.05, 4.69) is 4.90 Å². The summed E-state index contributed by atoms with van der Waals surface area (Å²) in [6, 6.07) is 12.9. The number of hydrogen-bond acceptors (Lipinski definition) is 2. The summed E-state index contributed by atoms with van der Waals surface area (Å²) in [4.78, 5) is 2.12. The summed E-state index contributed by atoms with van der Waals surface area (Å²) in [5.41, 5.74) is 0.933. The van der Waals surface area contributed by atoms with Crippen LogP contribution in [0.25, 0.3) is 0 Å². The first kappa shape index (κ1) is 18.3. The lowest BCUT2D eigenvalue weighted by molar-refractivity contribution is -0.137. The maximum Gasteiger partial charge on any atom is 0.416 e. The van der Waals surface area contributed by atoms with E-state index >= 15 is 0 Å². The van der Waals surface area contributed by atoms with E-state index in [1.807, 2.05) is 38.4 Å². The van der Waals surface area contributed by atoms with Gasteiger partial charge in [0.1, 0.15) is 12.4 Å². The topological polar surface area (TPSA) is 12.5 Å². The second-order valence-electron chi connectivity index (χ2n) is 6.00. The largest absolute Gasteiger partial charge is 0.489 e. The molecule has 0 radical (unpaired) electrons. The Kier molecular flexibility index (Phi) is 6.26. The number of alkyl halides is 3. The van der Waals surface area contributed by atoms with Crippen LogP contribution in [0.2, 0.25) is 0 Å². The molecule has 2 rings (SSSR count). The number of ether oxygens (including phenoxy) is 1. The molecule has 0 amide bonds. The van der Waals surface area contributed by atoms with Crippen LogP contribution < -0.4 is 4.74 Å². The summed E-state index contributed by atoms with van der Waals surface area (Å²) < 4.78 is 44.0. The van der Waals surface area contributed by atoms with Crippen LogP contribution >= 0.6 is 0 Å². The lowest BCUT2D eigenvalue weighted by atomic mass is 10.1. The number of halogens is 3. The fourth-order valence-corrected chi connectivity index (χ4v) is 2.44. The van der Waals surface area contributed by atoms with Gasteiger partial charge < -0.3 is 9.64 Å². The van der Waals surface area contributed by atoms with Crippen molar-refractivity contribution in [2.24, 2.45) is 0 Å². The fourth-order valence-electron chi connectivity index (χ4n) is 2.44. The van der Waals surface area contributed by atoms with Gasteiger partial charge >= 0.3 is 6.18 Å². The number of hydrogen-bond donors (Lipinski definition) is 0. The van der Waals surface area contributed by atoms with Gasteiger partial charge in [0.15, 0.2) is 0 Å². The minimum atomic E-state index is -4.33. The zero-order chi connectivity index (χ0) is 17.6. The normalized spacial score (nSPS) is 11.8. The number of para-hydroxylation sites is 1. The van der Waals surface area contributed by atoms with Crippen molar-refractivity contribution in [1.29, 1.82) is 0 Å². The van der Waals surface area contributed by atoms with Gasteiger partial charge in [-0.15, -0.1) is 0 Å². The van der Waals surface area contributed by atoms with Gasteiger partial charge in [-0.3, -0.25) is 0 Å². The van der Waals surface area contributed by atoms with Crippen LogP contribution in [0.4, 0.5) is 13.2 Å². The molecule has 0 bridgehead atoms. The van der Waals surface area contributed by atoms with Crippen molar-refractivity contribution in [3.8, 4) is 5.75 Å². The molecule has 2 aromatic carbocycles. The van der Waals surface area contributed by atoms with Crippen molar-refractivity contribution >= 4 is 0 Å². The Morgan fingerprint density at radius 3 is 2.46 bits per heavy atom. The summed E-state index contributed by atoms with van der Waals surface area (Å²) in [6.45, 7) is 1.09. The highest BCUT2D eigenvalue weighted by molar-refractivity contribution is 5.34. The van der Waals surface area contributed by atoms with E-state index < -0.39 is 11.7 Å². The molecule has 0 unspecified atom stereocenters. The molecule has 0 heterocycles. The van der Waals surface area contributed by atoms with Gasteiger partial charge in [-0.1, -0.05) is 30.3 Å². The molecule has 5 heteroatoms. The number of benzene rings is 2. The summed E-state index contributed by atoms with van der Waals surface area (Å²) in [6.07, 6.45) is -2.46. The van der Waals surface area contributed by atoms with E-state index in [1.54, 1.807) is 6.07 Å². The standard InChI is InChI=1S/C19H22F3NO/c1-23(2)12-6-9-16-8-3-4-11-18(16)24-14-15-7-5-10-17(13-15)19(20,21)22/h3-5,7-8,10-11,13H,6,9,12,14H2,1-2H3. The SMILES string of the molecule is CN(C)CCCc1ccccc1OCc1cccc(C(F)(F)F)c1. The molecule has 0 atom stereocenters.